The second-order valence-electron chi connectivity index (χ2n) is 5.18. The number of fused-ring (bicyclic) bond motifs is 1. The van der Waals surface area contributed by atoms with E-state index in [0.29, 0.717) is 6.54 Å². The summed E-state index contributed by atoms with van der Waals surface area (Å²) >= 11 is 3.50. The molecule has 0 aromatic heterocycles. The van der Waals surface area contributed by atoms with E-state index in [-0.39, 0.29) is 12.2 Å². The number of benzene rings is 1. The highest BCUT2D eigenvalue weighted by Gasteiger charge is 2.27. The monoisotopic (exact) mass is 326 g/mol. The first-order valence-corrected chi connectivity index (χ1v) is 7.53. The number of halogens is 1. The molecule has 2 unspecified atom stereocenters. The molecular weight excluding hydrogens is 308 g/mol. The Hall–Kier alpha value is -0.620. The summed E-state index contributed by atoms with van der Waals surface area (Å²) in [7, 11) is 0. The van der Waals surface area contributed by atoms with E-state index in [1.165, 1.54) is 5.56 Å². The molecule has 0 saturated carbocycles. The zero-order valence-electron chi connectivity index (χ0n) is 10.8. The third-order valence-corrected chi connectivity index (χ3v) is 4.20. The zero-order valence-corrected chi connectivity index (χ0v) is 12.4. The number of hydrogen-bond donors (Lipinski definition) is 1. The molecule has 2 heterocycles. The third kappa shape index (κ3) is 3.11. The Labute approximate surface area is 122 Å². The number of nitrogens with two attached hydrogens (primary N) is 1. The molecule has 1 fully saturated rings. The van der Waals surface area contributed by atoms with Crippen molar-refractivity contribution in [3.63, 3.8) is 0 Å². The quantitative estimate of drug-likeness (QED) is 0.912. The van der Waals surface area contributed by atoms with Gasteiger partial charge in [0.1, 0.15) is 11.9 Å². The maximum Gasteiger partial charge on any atom is 0.123 e. The van der Waals surface area contributed by atoms with Gasteiger partial charge in [0.05, 0.1) is 12.7 Å². The van der Waals surface area contributed by atoms with Crippen LogP contribution in [0.3, 0.4) is 0 Å². The van der Waals surface area contributed by atoms with Crippen LogP contribution in [0, 0.1) is 0 Å². The van der Waals surface area contributed by atoms with Crippen molar-refractivity contribution in [1.29, 1.82) is 0 Å². The lowest BCUT2D eigenvalue weighted by molar-refractivity contribution is -0.0319. The van der Waals surface area contributed by atoms with E-state index in [1.54, 1.807) is 0 Å². The molecule has 5 heteroatoms. The van der Waals surface area contributed by atoms with Crippen LogP contribution in [0.1, 0.15) is 5.56 Å². The fraction of sp³-hybridized carbons (Fsp3) is 0.571. The molecule has 19 heavy (non-hydrogen) atoms. The van der Waals surface area contributed by atoms with Crippen LogP contribution in [0.25, 0.3) is 0 Å². The standard InChI is InChI=1S/C14H19BrN2O2/c15-11-1-2-14-10(5-11)6-12(19-14)8-17-3-4-18-13(7-16)9-17/h1-2,5,12-13H,3-4,6-9,16H2. The Morgan fingerprint density at radius 2 is 2.26 bits per heavy atom. The Kier molecular flexibility index (Phi) is 4.07. The van der Waals surface area contributed by atoms with Gasteiger partial charge in [0.15, 0.2) is 0 Å². The Morgan fingerprint density at radius 1 is 1.37 bits per heavy atom. The van der Waals surface area contributed by atoms with Crippen molar-refractivity contribution >= 4 is 15.9 Å². The van der Waals surface area contributed by atoms with Gasteiger partial charge in [-0.25, -0.2) is 0 Å². The summed E-state index contributed by atoms with van der Waals surface area (Å²) < 4.78 is 12.7. The predicted octanol–water partition coefficient (Wildman–Crippen LogP) is 1.41. The van der Waals surface area contributed by atoms with Crippen molar-refractivity contribution in [2.45, 2.75) is 18.6 Å². The summed E-state index contributed by atoms with van der Waals surface area (Å²) in [6.45, 7) is 4.20. The molecule has 1 aromatic rings. The van der Waals surface area contributed by atoms with Crippen LogP contribution in [-0.4, -0.2) is 49.9 Å². The van der Waals surface area contributed by atoms with Gasteiger partial charge in [-0.3, -0.25) is 4.90 Å². The first kappa shape index (κ1) is 13.4. The molecule has 4 nitrogen and oxygen atoms in total. The normalized spacial score (nSPS) is 27.1. The Morgan fingerprint density at radius 3 is 3.11 bits per heavy atom. The molecule has 104 valence electrons. The van der Waals surface area contributed by atoms with Gasteiger partial charge < -0.3 is 15.2 Å². The molecule has 0 bridgehead atoms. The fourth-order valence-corrected chi connectivity index (χ4v) is 3.18. The van der Waals surface area contributed by atoms with Gasteiger partial charge >= 0.3 is 0 Å². The third-order valence-electron chi connectivity index (χ3n) is 3.71. The van der Waals surface area contributed by atoms with E-state index in [1.807, 2.05) is 12.1 Å². The van der Waals surface area contributed by atoms with Gasteiger partial charge in [-0.1, -0.05) is 15.9 Å². The van der Waals surface area contributed by atoms with Crippen LogP contribution in [0.4, 0.5) is 0 Å². The molecule has 2 aliphatic rings. The van der Waals surface area contributed by atoms with E-state index in [0.717, 1.165) is 42.9 Å². The maximum atomic E-state index is 6.00. The highest BCUT2D eigenvalue weighted by Crippen LogP contribution is 2.31. The van der Waals surface area contributed by atoms with Crippen LogP contribution in [0.2, 0.25) is 0 Å². The van der Waals surface area contributed by atoms with Crippen molar-refractivity contribution in [1.82, 2.24) is 4.90 Å². The minimum Gasteiger partial charge on any atom is -0.488 e. The van der Waals surface area contributed by atoms with Crippen LogP contribution >= 0.6 is 15.9 Å². The Bertz CT molecular complexity index is 455. The van der Waals surface area contributed by atoms with Gasteiger partial charge in [0, 0.05) is 37.1 Å². The second kappa shape index (κ2) is 5.79. The second-order valence-corrected chi connectivity index (χ2v) is 6.10. The zero-order chi connectivity index (χ0) is 13.2. The van der Waals surface area contributed by atoms with E-state index in [2.05, 4.69) is 26.9 Å². The summed E-state index contributed by atoms with van der Waals surface area (Å²) in [4.78, 5) is 2.40. The summed E-state index contributed by atoms with van der Waals surface area (Å²) in [5, 5.41) is 0. The highest BCUT2D eigenvalue weighted by atomic mass is 79.9. The minimum absolute atomic E-state index is 0.173. The molecule has 2 atom stereocenters. The summed E-state index contributed by atoms with van der Waals surface area (Å²) in [6.07, 6.45) is 1.41. The lowest BCUT2D eigenvalue weighted by Crippen LogP contribution is -2.48. The van der Waals surface area contributed by atoms with Crippen LogP contribution in [-0.2, 0) is 11.2 Å². The predicted molar refractivity (Wildman–Crippen MR) is 77.5 cm³/mol. The highest BCUT2D eigenvalue weighted by molar-refractivity contribution is 9.10. The smallest absolute Gasteiger partial charge is 0.123 e. The minimum atomic E-state index is 0.173. The van der Waals surface area contributed by atoms with E-state index in [4.69, 9.17) is 15.2 Å². The molecule has 1 saturated heterocycles. The van der Waals surface area contributed by atoms with Crippen molar-refractivity contribution in [2.75, 3.05) is 32.8 Å². The molecule has 3 rings (SSSR count). The van der Waals surface area contributed by atoms with Crippen LogP contribution in [0.15, 0.2) is 22.7 Å². The van der Waals surface area contributed by atoms with Gasteiger partial charge in [0.2, 0.25) is 0 Å². The lowest BCUT2D eigenvalue weighted by Gasteiger charge is -2.33. The summed E-state index contributed by atoms with van der Waals surface area (Å²) in [5.41, 5.74) is 6.97. The molecule has 0 amide bonds. The number of nitrogens with zero attached hydrogens (tertiary/aromatic N) is 1. The van der Waals surface area contributed by atoms with Crippen LogP contribution in [0.5, 0.6) is 5.75 Å². The molecule has 0 aliphatic carbocycles. The van der Waals surface area contributed by atoms with Crippen molar-refractivity contribution in [3.8, 4) is 5.75 Å². The van der Waals surface area contributed by atoms with Gasteiger partial charge in [-0.2, -0.15) is 0 Å². The number of ether oxygens (including phenoxy) is 2. The number of hydrogen-bond acceptors (Lipinski definition) is 4. The summed E-state index contributed by atoms with van der Waals surface area (Å²) in [6, 6.07) is 6.22. The van der Waals surface area contributed by atoms with Crippen LogP contribution < -0.4 is 10.5 Å². The first-order chi connectivity index (χ1) is 9.24. The molecule has 2 aliphatic heterocycles. The van der Waals surface area contributed by atoms with E-state index in [9.17, 15) is 0 Å². The Balaban J connectivity index is 1.58. The number of rotatable bonds is 3. The first-order valence-electron chi connectivity index (χ1n) is 6.73. The maximum absolute atomic E-state index is 6.00. The fourth-order valence-electron chi connectivity index (χ4n) is 2.77. The molecule has 2 N–H and O–H groups in total. The van der Waals surface area contributed by atoms with E-state index < -0.39 is 0 Å². The molecule has 0 radical (unpaired) electrons. The molecule has 0 spiro atoms. The molecule has 1 aromatic carbocycles. The van der Waals surface area contributed by atoms with Gasteiger partial charge in [-0.05, 0) is 23.8 Å². The average Bonchev–Trinajstić information content (AvgIpc) is 2.80. The van der Waals surface area contributed by atoms with Gasteiger partial charge in [0.25, 0.3) is 0 Å². The average molecular weight is 327 g/mol. The lowest BCUT2D eigenvalue weighted by atomic mass is 10.1. The topological polar surface area (TPSA) is 47.7 Å². The molecular formula is C14H19BrN2O2. The SMILES string of the molecule is NCC1CN(CC2Cc3cc(Br)ccc3O2)CCO1. The van der Waals surface area contributed by atoms with Crippen molar-refractivity contribution in [3.05, 3.63) is 28.2 Å². The largest absolute Gasteiger partial charge is 0.488 e. The van der Waals surface area contributed by atoms with Crippen molar-refractivity contribution < 1.29 is 9.47 Å². The number of morpholine rings is 1. The summed E-state index contributed by atoms with van der Waals surface area (Å²) in [5.74, 6) is 1.02. The van der Waals surface area contributed by atoms with Gasteiger partial charge in [-0.15, -0.1) is 0 Å². The van der Waals surface area contributed by atoms with E-state index >= 15 is 0 Å². The van der Waals surface area contributed by atoms with Crippen molar-refractivity contribution in [2.24, 2.45) is 5.73 Å².